The number of carbonyl (C=O) groups excluding carboxylic acids is 2. The second-order valence-corrected chi connectivity index (χ2v) is 9.28. The molecule has 5 rings (SSSR count). The topological polar surface area (TPSA) is 43.4 Å². The molecule has 1 spiro atoms. The van der Waals surface area contributed by atoms with Gasteiger partial charge in [0.25, 0.3) is 0 Å². The molecule has 5 atom stereocenters. The van der Waals surface area contributed by atoms with E-state index < -0.39 is 4.93 Å². The van der Waals surface area contributed by atoms with Gasteiger partial charge in [-0.3, -0.25) is 9.59 Å². The van der Waals surface area contributed by atoms with Crippen LogP contribution in [0, 0.1) is 23.2 Å². The molecule has 0 N–H and O–H groups in total. The molecule has 1 heterocycles. The lowest BCUT2D eigenvalue weighted by atomic mass is 9.50. The highest BCUT2D eigenvalue weighted by Gasteiger charge is 2.70. The number of ether oxygens (including phenoxy) is 1. The summed E-state index contributed by atoms with van der Waals surface area (Å²) in [5.74, 6) is 1.29. The molecule has 3 nitrogen and oxygen atoms in total. The highest BCUT2D eigenvalue weighted by atomic mass is 32.2. The molecule has 4 heteroatoms. The van der Waals surface area contributed by atoms with Crippen LogP contribution in [0.1, 0.15) is 44.9 Å². The largest absolute Gasteiger partial charge is 0.447 e. The quantitative estimate of drug-likeness (QED) is 0.755. The van der Waals surface area contributed by atoms with E-state index in [0.29, 0.717) is 24.0 Å². The monoisotopic (exact) mass is 342 g/mol. The maximum absolute atomic E-state index is 12.7. The van der Waals surface area contributed by atoms with Crippen molar-refractivity contribution in [3.8, 4) is 0 Å². The van der Waals surface area contributed by atoms with E-state index in [1.54, 1.807) is 11.8 Å². The second kappa shape index (κ2) is 5.10. The molecule has 1 aromatic carbocycles. The summed E-state index contributed by atoms with van der Waals surface area (Å²) in [5.41, 5.74) is -0.106. The average molecular weight is 342 g/mol. The number of esters is 1. The van der Waals surface area contributed by atoms with Crippen LogP contribution in [0.5, 0.6) is 0 Å². The first-order valence-corrected chi connectivity index (χ1v) is 9.94. The summed E-state index contributed by atoms with van der Waals surface area (Å²) in [7, 11) is 0. The summed E-state index contributed by atoms with van der Waals surface area (Å²) < 4.78 is 6.07. The van der Waals surface area contributed by atoms with Gasteiger partial charge in [0.05, 0.1) is 6.42 Å². The zero-order valence-corrected chi connectivity index (χ0v) is 14.5. The van der Waals surface area contributed by atoms with E-state index in [9.17, 15) is 9.59 Å². The van der Waals surface area contributed by atoms with Gasteiger partial charge in [-0.25, -0.2) is 0 Å². The van der Waals surface area contributed by atoms with Gasteiger partial charge in [-0.2, -0.15) is 0 Å². The molecule has 4 aliphatic rings. The van der Waals surface area contributed by atoms with Crippen molar-refractivity contribution in [2.24, 2.45) is 23.2 Å². The average Bonchev–Trinajstić information content (AvgIpc) is 2.94. The zero-order valence-electron chi connectivity index (χ0n) is 13.7. The number of rotatable bonds is 2. The van der Waals surface area contributed by atoms with Crippen LogP contribution < -0.4 is 0 Å². The first-order chi connectivity index (χ1) is 11.6. The van der Waals surface area contributed by atoms with Gasteiger partial charge in [0.2, 0.25) is 0 Å². The Morgan fingerprint density at radius 2 is 1.88 bits per heavy atom. The molecule has 3 saturated carbocycles. The maximum Gasteiger partial charge on any atom is 0.307 e. The van der Waals surface area contributed by atoms with E-state index in [2.05, 4.69) is 12.1 Å². The smallest absolute Gasteiger partial charge is 0.307 e. The van der Waals surface area contributed by atoms with E-state index >= 15 is 0 Å². The minimum Gasteiger partial charge on any atom is -0.447 e. The third-order valence-corrected chi connectivity index (χ3v) is 8.50. The van der Waals surface area contributed by atoms with Gasteiger partial charge in [0, 0.05) is 28.6 Å². The van der Waals surface area contributed by atoms with Crippen molar-refractivity contribution in [1.29, 1.82) is 0 Å². The maximum atomic E-state index is 12.7. The minimum atomic E-state index is -0.459. The van der Waals surface area contributed by atoms with Crippen molar-refractivity contribution >= 4 is 23.5 Å². The van der Waals surface area contributed by atoms with E-state index in [1.165, 1.54) is 0 Å². The third-order valence-electron chi connectivity index (χ3n) is 7.07. The molecule has 1 saturated heterocycles. The standard InChI is InChI=1S/C20H22O3S/c21-16-8-6-13-7-9-17-19(13)12-18(22)23-20(17,11-10-15(16)19)24-14-4-2-1-3-5-14/h1-5,13,15,17H,6-12H2/t13-,15-,17-,19+,20-/m1/s1. The van der Waals surface area contributed by atoms with Crippen molar-refractivity contribution in [1.82, 2.24) is 0 Å². The molecule has 0 amide bonds. The van der Waals surface area contributed by atoms with Crippen molar-refractivity contribution < 1.29 is 14.3 Å². The summed E-state index contributed by atoms with van der Waals surface area (Å²) in [6, 6.07) is 10.3. The van der Waals surface area contributed by atoms with Crippen LogP contribution in [0.25, 0.3) is 0 Å². The number of Topliss-reactive ketones (excluding diaryl/α,β-unsaturated/α-hetero) is 1. The van der Waals surface area contributed by atoms with Crippen molar-refractivity contribution in [2.75, 3.05) is 0 Å². The SMILES string of the molecule is O=C1C[C@]23[C@@H]4CCC(=O)[C@H]2CC[C@](Sc2ccccc2)(O1)[C@@H]3CC4. The van der Waals surface area contributed by atoms with Gasteiger partial charge in [-0.1, -0.05) is 30.0 Å². The van der Waals surface area contributed by atoms with E-state index in [1.807, 2.05) is 18.2 Å². The molecule has 2 bridgehead atoms. The minimum absolute atomic E-state index is 0.0824. The lowest BCUT2D eigenvalue weighted by Gasteiger charge is -2.60. The molecule has 4 fully saturated rings. The molecule has 24 heavy (non-hydrogen) atoms. The summed E-state index contributed by atoms with van der Waals surface area (Å²) in [4.78, 5) is 26.0. The van der Waals surface area contributed by atoms with Gasteiger partial charge in [-0.05, 0) is 50.2 Å². The molecule has 0 aromatic heterocycles. The lowest BCUT2D eigenvalue weighted by Crippen LogP contribution is -2.62. The Balaban J connectivity index is 1.60. The van der Waals surface area contributed by atoms with Crippen molar-refractivity contribution in [2.45, 2.75) is 54.8 Å². The van der Waals surface area contributed by atoms with Crippen molar-refractivity contribution in [3.63, 3.8) is 0 Å². The fourth-order valence-corrected chi connectivity index (χ4v) is 7.85. The summed E-state index contributed by atoms with van der Waals surface area (Å²) in [6.07, 6.45) is 6.12. The van der Waals surface area contributed by atoms with Crippen LogP contribution in [0.4, 0.5) is 0 Å². The Bertz CT molecular complexity index is 702. The van der Waals surface area contributed by atoms with Gasteiger partial charge < -0.3 is 4.74 Å². The molecule has 126 valence electrons. The van der Waals surface area contributed by atoms with Crippen molar-refractivity contribution in [3.05, 3.63) is 30.3 Å². The van der Waals surface area contributed by atoms with Gasteiger partial charge >= 0.3 is 5.97 Å². The van der Waals surface area contributed by atoms with Crippen LogP contribution in [-0.2, 0) is 14.3 Å². The summed E-state index contributed by atoms with van der Waals surface area (Å²) in [5, 5.41) is 0. The van der Waals surface area contributed by atoms with Crippen LogP contribution in [0.3, 0.4) is 0 Å². The lowest BCUT2D eigenvalue weighted by molar-refractivity contribution is -0.201. The number of carbonyl (C=O) groups is 2. The Kier molecular flexibility index (Phi) is 3.19. The number of benzene rings is 1. The fourth-order valence-electron chi connectivity index (χ4n) is 6.32. The summed E-state index contributed by atoms with van der Waals surface area (Å²) >= 11 is 1.73. The normalized spacial score (nSPS) is 43.2. The highest BCUT2D eigenvalue weighted by Crippen LogP contribution is 2.71. The molecular formula is C20H22O3S. The van der Waals surface area contributed by atoms with Crippen LogP contribution in [0.15, 0.2) is 35.2 Å². The third kappa shape index (κ3) is 1.86. The zero-order chi connectivity index (χ0) is 16.4. The Morgan fingerprint density at radius 1 is 1.04 bits per heavy atom. The molecular weight excluding hydrogens is 320 g/mol. The molecule has 1 aliphatic heterocycles. The number of thioether (sulfide) groups is 1. The van der Waals surface area contributed by atoms with E-state index in [4.69, 9.17) is 4.74 Å². The van der Waals surface area contributed by atoms with E-state index in [0.717, 1.165) is 43.4 Å². The van der Waals surface area contributed by atoms with E-state index in [-0.39, 0.29) is 17.3 Å². The van der Waals surface area contributed by atoms with Gasteiger partial charge in [0.15, 0.2) is 4.93 Å². The second-order valence-electron chi connectivity index (χ2n) is 7.91. The van der Waals surface area contributed by atoms with Crippen LogP contribution >= 0.6 is 11.8 Å². The molecule has 1 aromatic rings. The van der Waals surface area contributed by atoms with Gasteiger partial charge in [0.1, 0.15) is 5.78 Å². The van der Waals surface area contributed by atoms with Crippen LogP contribution in [-0.4, -0.2) is 16.7 Å². The van der Waals surface area contributed by atoms with Gasteiger partial charge in [-0.15, -0.1) is 0 Å². The Morgan fingerprint density at radius 3 is 2.71 bits per heavy atom. The molecule has 0 unspecified atom stereocenters. The highest BCUT2D eigenvalue weighted by molar-refractivity contribution is 8.00. The summed E-state index contributed by atoms with van der Waals surface area (Å²) in [6.45, 7) is 0. The fraction of sp³-hybridized carbons (Fsp3) is 0.600. The predicted molar refractivity (Wildman–Crippen MR) is 91.4 cm³/mol. The predicted octanol–water partition coefficient (Wildman–Crippen LogP) is 4.21. The Hall–Kier alpha value is -1.29. The number of hydrogen-bond donors (Lipinski definition) is 0. The first kappa shape index (κ1) is 15.0. The Labute approximate surface area is 146 Å². The first-order valence-electron chi connectivity index (χ1n) is 9.13. The molecule has 3 aliphatic carbocycles. The number of hydrogen-bond acceptors (Lipinski definition) is 4. The molecule has 0 radical (unpaired) electrons. The number of ketones is 1. The van der Waals surface area contributed by atoms with Crippen LogP contribution in [0.2, 0.25) is 0 Å².